The highest BCUT2D eigenvalue weighted by Gasteiger charge is 2.32. The molecule has 0 fully saturated rings. The molecule has 0 spiro atoms. The number of aromatic nitrogens is 8. The van der Waals surface area contributed by atoms with E-state index >= 15 is 0 Å². The van der Waals surface area contributed by atoms with E-state index in [-0.39, 0.29) is 19.8 Å². The number of aliphatic hydroxyl groups is 2. The lowest BCUT2D eigenvalue weighted by Crippen LogP contribution is -2.06. The Balaban J connectivity index is 0.000000218. The van der Waals surface area contributed by atoms with Gasteiger partial charge in [0.2, 0.25) is 11.6 Å². The molecule has 10 aromatic rings. The van der Waals surface area contributed by atoms with Crippen LogP contribution in [0.3, 0.4) is 0 Å². The number of H-pyrrole nitrogens is 1. The molecule has 5 N–H and O–H groups in total. The zero-order valence-electron chi connectivity index (χ0n) is 50.4. The van der Waals surface area contributed by atoms with Crippen molar-refractivity contribution in [1.82, 2.24) is 40.8 Å². The lowest BCUT2D eigenvalue weighted by atomic mass is 9.97. The first-order valence-corrected chi connectivity index (χ1v) is 30.1. The van der Waals surface area contributed by atoms with Crippen LogP contribution >= 0.6 is 38.5 Å². The quantitative estimate of drug-likeness (QED) is 0.0414. The number of nitrogen functional groups attached to an aromatic ring is 1. The Morgan fingerprint density at radius 2 is 0.851 bits per heavy atom. The van der Waals surface area contributed by atoms with Crippen molar-refractivity contribution in [1.29, 1.82) is 10.5 Å². The number of aliphatic hydroxyl groups excluding tert-OH is 2. The number of anilines is 1. The van der Waals surface area contributed by atoms with Gasteiger partial charge in [0.1, 0.15) is 6.07 Å². The first-order valence-electron chi connectivity index (χ1n) is 27.9. The Morgan fingerprint density at radius 1 is 0.489 bits per heavy atom. The lowest BCUT2D eigenvalue weighted by Gasteiger charge is -2.10. The predicted molar refractivity (Wildman–Crippen MR) is 343 cm³/mol. The van der Waals surface area contributed by atoms with E-state index in [9.17, 15) is 52.7 Å². The second-order valence-corrected chi connectivity index (χ2v) is 22.5. The number of benzene rings is 8. The Kier molecular flexibility index (Phi) is 28.4. The maximum Gasteiger partial charge on any atom is 0.416 e. The Labute approximate surface area is 555 Å². The Hall–Kier alpha value is -9.03. The second kappa shape index (κ2) is 35.3. The predicted octanol–water partition coefficient (Wildman–Crippen LogP) is 16.6. The minimum atomic E-state index is -4.34. The molecule has 0 amide bonds. The average molecular weight is 1490 g/mol. The topological polar surface area (TPSA) is 212 Å². The van der Waals surface area contributed by atoms with Gasteiger partial charge >= 0.3 is 24.7 Å². The minimum Gasteiger partial charge on any atom is -0.398 e. The van der Waals surface area contributed by atoms with Gasteiger partial charge in [-0.25, -0.2) is 0 Å². The molecule has 27 heteroatoms. The SMILES string of the molecule is Cc1ccc(Cc2ccc(C(F)(F)F)cc2)c(-c2nn[nH]n2)c1.Cc1ccc(Cc2ccc(C(F)(F)F)cc2)c(-c2nnn(CCO)n2)c1.Cc1ccc(Cc2ccc(C(F)(F)F)cc2)c(C#N)c1.Cc1ccc(N)c(C#N)c1.FC(F)(F)c1ccc(I)cc1.OCCBr. The largest absolute Gasteiger partial charge is 0.416 e. The second-order valence-electron chi connectivity index (χ2n) is 20.5. The molecule has 2 aromatic heterocycles. The lowest BCUT2D eigenvalue weighted by molar-refractivity contribution is -0.138. The first-order chi connectivity index (χ1) is 44.3. The van der Waals surface area contributed by atoms with E-state index in [1.54, 1.807) is 18.2 Å². The molecule has 0 aliphatic rings. The Bertz CT molecular complexity index is 4070. The number of hydrogen-bond donors (Lipinski definition) is 4. The monoisotopic (exact) mass is 1480 g/mol. The van der Waals surface area contributed by atoms with Crippen LogP contribution in [0.4, 0.5) is 58.4 Å². The van der Waals surface area contributed by atoms with Gasteiger partial charge < -0.3 is 15.9 Å². The number of nitrogens with two attached hydrogens (primary N) is 1. The van der Waals surface area contributed by atoms with Crippen molar-refractivity contribution in [3.05, 3.63) is 262 Å². The molecule has 0 aliphatic carbocycles. The zero-order valence-corrected chi connectivity index (χ0v) is 54.1. The highest BCUT2D eigenvalue weighted by atomic mass is 127. The maximum absolute atomic E-state index is 12.7. The molecule has 2 heterocycles. The third kappa shape index (κ3) is 24.5. The van der Waals surface area contributed by atoms with Gasteiger partial charge in [0.15, 0.2) is 0 Å². The van der Waals surface area contributed by atoms with Gasteiger partial charge in [-0.3, -0.25) is 0 Å². The zero-order chi connectivity index (χ0) is 69.4. The van der Waals surface area contributed by atoms with Crippen LogP contribution in [0.25, 0.3) is 22.8 Å². The third-order valence-corrected chi connectivity index (χ3v) is 14.2. The van der Waals surface area contributed by atoms with Crippen LogP contribution in [0.15, 0.2) is 170 Å². The van der Waals surface area contributed by atoms with E-state index < -0.39 is 47.0 Å². The van der Waals surface area contributed by atoms with Crippen LogP contribution in [0, 0.1) is 53.9 Å². The number of nitriles is 2. The summed E-state index contributed by atoms with van der Waals surface area (Å²) >= 11 is 4.96. The molecule has 0 saturated heterocycles. The van der Waals surface area contributed by atoms with Gasteiger partial charge in [0, 0.05) is 25.7 Å². The number of aryl methyl sites for hydroxylation is 4. The fourth-order valence-corrected chi connectivity index (χ4v) is 8.72. The first kappa shape index (κ1) is 75.7. The standard InChI is InChI=1S/C18H17F3N4O.C16H13F3N4.C16H12F3N.C8H8N2.C7H4F3I.C2H5BrO/c1-12-2-5-14(11-13-3-6-15(7-4-13)18(19,20)21)16(10-12)17-22-24-25(23-17)8-9-26;1-10-2-5-12(14(8-10)15-20-22-23-21-15)9-11-3-6-13(7-4-11)16(17,18)19;1-11-2-5-13(14(8-11)10-20)9-12-3-6-15(7-4-12)16(17,18)19;1-6-2-3-8(10)7(4-6)5-9;8-7(9,10)5-1-3-6(11)4-2-5;3-1-2-4/h2-7,10,26H,8-9,11H2,1H3;2-8H,9H2,1H3,(H,20,21,22,23);2-8H,9H2,1H3;2-4H,10H2,1H3;1-4H;4H,1-2H2. The van der Waals surface area contributed by atoms with Crippen molar-refractivity contribution in [3.8, 4) is 34.9 Å². The van der Waals surface area contributed by atoms with Gasteiger partial charge in [-0.2, -0.15) is 73.2 Å². The summed E-state index contributed by atoms with van der Waals surface area (Å²) in [6.45, 7) is 8.09. The summed E-state index contributed by atoms with van der Waals surface area (Å²) in [5.74, 6) is 0.889. The van der Waals surface area contributed by atoms with Crippen LogP contribution in [0.5, 0.6) is 0 Å². The van der Waals surface area contributed by atoms with Crippen LogP contribution < -0.4 is 5.73 Å². The molecule has 0 aliphatic heterocycles. The number of hydrogen-bond acceptors (Lipinski definition) is 11. The number of aromatic amines is 1. The van der Waals surface area contributed by atoms with E-state index in [1.807, 2.05) is 111 Å². The highest BCUT2D eigenvalue weighted by Crippen LogP contribution is 2.34. The van der Waals surface area contributed by atoms with Crippen LogP contribution in [0.1, 0.15) is 89.0 Å². The molecule has 0 unspecified atom stereocenters. The van der Waals surface area contributed by atoms with Crippen molar-refractivity contribution >= 4 is 44.2 Å². The summed E-state index contributed by atoms with van der Waals surface area (Å²) in [6, 6.07) is 46.9. The smallest absolute Gasteiger partial charge is 0.398 e. The minimum absolute atomic E-state index is 0.0952. The number of rotatable bonds is 11. The molecule has 0 bridgehead atoms. The molecular formula is C67H59BrF12IN11O2. The van der Waals surface area contributed by atoms with E-state index in [4.69, 9.17) is 26.5 Å². The van der Waals surface area contributed by atoms with Gasteiger partial charge in [-0.15, -0.1) is 20.4 Å². The van der Waals surface area contributed by atoms with E-state index in [1.165, 1.54) is 53.3 Å². The van der Waals surface area contributed by atoms with E-state index in [2.05, 4.69) is 58.0 Å². The van der Waals surface area contributed by atoms with E-state index in [0.717, 1.165) is 119 Å². The fraction of sp³-hybridized carbons (Fsp3) is 0.224. The summed E-state index contributed by atoms with van der Waals surface area (Å²) < 4.78 is 150. The van der Waals surface area contributed by atoms with Crippen LogP contribution in [0.2, 0.25) is 0 Å². The van der Waals surface area contributed by atoms with Crippen molar-refractivity contribution in [2.24, 2.45) is 0 Å². The summed E-state index contributed by atoms with van der Waals surface area (Å²) in [7, 11) is 0. The molecular weight excluding hydrogens is 1430 g/mol. The third-order valence-electron chi connectivity index (χ3n) is 13.1. The van der Waals surface area contributed by atoms with Gasteiger partial charge in [-0.05, 0) is 215 Å². The summed E-state index contributed by atoms with van der Waals surface area (Å²) in [6.07, 6.45) is -15.8. The normalized spacial score (nSPS) is 11.1. The number of alkyl halides is 13. The van der Waals surface area contributed by atoms with Gasteiger partial charge in [-0.1, -0.05) is 106 Å². The van der Waals surface area contributed by atoms with Gasteiger partial charge in [0.05, 0.1) is 59.2 Å². The summed E-state index contributed by atoms with van der Waals surface area (Å²) in [4.78, 5) is 1.31. The van der Waals surface area contributed by atoms with Crippen molar-refractivity contribution in [3.63, 3.8) is 0 Å². The molecule has 0 saturated carbocycles. The Morgan fingerprint density at radius 3 is 1.21 bits per heavy atom. The van der Waals surface area contributed by atoms with Crippen LogP contribution in [-0.4, -0.2) is 69.6 Å². The van der Waals surface area contributed by atoms with E-state index in [0.29, 0.717) is 53.1 Å². The number of halogens is 14. The van der Waals surface area contributed by atoms with Crippen molar-refractivity contribution < 1.29 is 62.9 Å². The molecule has 94 heavy (non-hydrogen) atoms. The molecule has 13 nitrogen and oxygen atoms in total. The van der Waals surface area contributed by atoms with Crippen molar-refractivity contribution in [2.75, 3.05) is 24.3 Å². The summed E-state index contributed by atoms with van der Waals surface area (Å²) in [5.41, 5.74) is 15.2. The fourth-order valence-electron chi connectivity index (χ4n) is 8.37. The number of nitrogens with one attached hydrogen (secondary N) is 1. The molecule has 8 aromatic carbocycles. The average Bonchev–Trinajstić information content (AvgIpc) is 1.43. The van der Waals surface area contributed by atoms with Crippen LogP contribution in [-0.2, 0) is 50.5 Å². The number of nitrogens with zero attached hydrogens (tertiary/aromatic N) is 9. The van der Waals surface area contributed by atoms with Crippen molar-refractivity contribution in [2.45, 2.75) is 78.2 Å². The highest BCUT2D eigenvalue weighted by molar-refractivity contribution is 14.1. The number of tetrazole rings is 2. The van der Waals surface area contributed by atoms with Gasteiger partial charge in [0.25, 0.3) is 0 Å². The molecule has 0 atom stereocenters. The molecule has 10 rings (SSSR count). The summed E-state index contributed by atoms with van der Waals surface area (Å²) in [5, 5.41) is 61.1. The molecule has 0 radical (unpaired) electrons. The maximum atomic E-state index is 12.7. The molecule has 492 valence electrons.